The van der Waals surface area contributed by atoms with Crippen molar-refractivity contribution < 1.29 is 4.42 Å². The van der Waals surface area contributed by atoms with Gasteiger partial charge < -0.3 is 9.73 Å². The number of aryl methyl sites for hydroxylation is 1. The van der Waals surface area contributed by atoms with Crippen molar-refractivity contribution in [3.63, 3.8) is 0 Å². The normalized spacial score (nSPS) is 12.7. The van der Waals surface area contributed by atoms with E-state index in [0.29, 0.717) is 6.04 Å². The molecule has 0 spiro atoms. The molecule has 1 unspecified atom stereocenters. The zero-order chi connectivity index (χ0) is 14.7. The Morgan fingerprint density at radius 3 is 2.95 bits per heavy atom. The van der Waals surface area contributed by atoms with Gasteiger partial charge in [-0.2, -0.15) is 5.10 Å². The molecule has 0 saturated heterocycles. The molecule has 3 aromatic rings. The standard InChI is InChI=1S/C16H19N3OS/c1-3-13(15-5-4-8-21-15)17-9-12-10-18-19-16(12)14-7-6-11(2)20-14/h4-8,10,13,17H,3,9H2,1-2H3,(H,18,19). The summed E-state index contributed by atoms with van der Waals surface area (Å²) in [6.45, 7) is 4.91. The van der Waals surface area contributed by atoms with Gasteiger partial charge in [-0.25, -0.2) is 0 Å². The van der Waals surface area contributed by atoms with E-state index in [1.807, 2.05) is 25.3 Å². The molecule has 2 N–H and O–H groups in total. The van der Waals surface area contributed by atoms with Crippen molar-refractivity contribution in [1.29, 1.82) is 0 Å². The van der Waals surface area contributed by atoms with Crippen LogP contribution in [0.2, 0.25) is 0 Å². The van der Waals surface area contributed by atoms with Gasteiger partial charge >= 0.3 is 0 Å². The van der Waals surface area contributed by atoms with Gasteiger partial charge in [0.25, 0.3) is 0 Å². The number of rotatable bonds is 6. The predicted octanol–water partition coefficient (Wildman–Crippen LogP) is 4.28. The molecule has 0 aliphatic heterocycles. The van der Waals surface area contributed by atoms with Crippen LogP contribution in [-0.2, 0) is 6.54 Å². The quantitative estimate of drug-likeness (QED) is 0.714. The van der Waals surface area contributed by atoms with Crippen LogP contribution in [0.15, 0.2) is 40.3 Å². The van der Waals surface area contributed by atoms with E-state index in [1.54, 1.807) is 11.3 Å². The van der Waals surface area contributed by atoms with E-state index in [0.717, 1.165) is 35.7 Å². The SMILES string of the molecule is CCC(NCc1cn[nH]c1-c1ccc(C)o1)c1cccs1. The number of thiophene rings is 1. The Bertz CT molecular complexity index is 684. The highest BCUT2D eigenvalue weighted by Gasteiger charge is 2.14. The van der Waals surface area contributed by atoms with Crippen molar-refractivity contribution in [2.24, 2.45) is 0 Å². The molecule has 3 aromatic heterocycles. The van der Waals surface area contributed by atoms with Gasteiger partial charge in [0.05, 0.1) is 6.20 Å². The van der Waals surface area contributed by atoms with Gasteiger partial charge in [-0.15, -0.1) is 11.3 Å². The summed E-state index contributed by atoms with van der Waals surface area (Å²) in [6, 6.07) is 8.60. The van der Waals surface area contributed by atoms with Gasteiger partial charge in [0.15, 0.2) is 5.76 Å². The van der Waals surface area contributed by atoms with Crippen molar-refractivity contribution in [2.45, 2.75) is 32.9 Å². The fourth-order valence-electron chi connectivity index (χ4n) is 2.40. The maximum atomic E-state index is 5.68. The summed E-state index contributed by atoms with van der Waals surface area (Å²) in [7, 11) is 0. The van der Waals surface area contributed by atoms with E-state index >= 15 is 0 Å². The van der Waals surface area contributed by atoms with Crippen LogP contribution in [0, 0.1) is 6.92 Å². The number of hydrogen-bond acceptors (Lipinski definition) is 4. The van der Waals surface area contributed by atoms with Gasteiger partial charge in [0, 0.05) is 23.0 Å². The third kappa shape index (κ3) is 3.09. The lowest BCUT2D eigenvalue weighted by atomic mass is 10.1. The molecule has 110 valence electrons. The molecular formula is C16H19N3OS. The maximum Gasteiger partial charge on any atom is 0.152 e. The fraction of sp³-hybridized carbons (Fsp3) is 0.312. The molecule has 0 bridgehead atoms. The Morgan fingerprint density at radius 1 is 1.38 bits per heavy atom. The van der Waals surface area contributed by atoms with E-state index < -0.39 is 0 Å². The van der Waals surface area contributed by atoms with Gasteiger partial charge in [0.2, 0.25) is 0 Å². The second-order valence-electron chi connectivity index (χ2n) is 5.04. The number of nitrogens with zero attached hydrogens (tertiary/aromatic N) is 1. The molecule has 3 heterocycles. The average Bonchev–Trinajstić information content (AvgIpc) is 3.19. The van der Waals surface area contributed by atoms with Crippen LogP contribution >= 0.6 is 11.3 Å². The van der Waals surface area contributed by atoms with E-state index in [1.165, 1.54) is 4.88 Å². The lowest BCUT2D eigenvalue weighted by Crippen LogP contribution is -2.19. The lowest BCUT2D eigenvalue weighted by Gasteiger charge is -2.15. The van der Waals surface area contributed by atoms with Crippen molar-refractivity contribution in [1.82, 2.24) is 15.5 Å². The van der Waals surface area contributed by atoms with Gasteiger partial charge in [-0.1, -0.05) is 13.0 Å². The second-order valence-corrected chi connectivity index (χ2v) is 6.02. The average molecular weight is 301 g/mol. The summed E-state index contributed by atoms with van der Waals surface area (Å²) in [5, 5.41) is 12.9. The van der Waals surface area contributed by atoms with Crippen molar-refractivity contribution >= 4 is 11.3 Å². The second kappa shape index (κ2) is 6.28. The topological polar surface area (TPSA) is 53.9 Å². The highest BCUT2D eigenvalue weighted by Crippen LogP contribution is 2.25. The Balaban J connectivity index is 1.73. The molecule has 0 aromatic carbocycles. The first-order chi connectivity index (χ1) is 10.3. The van der Waals surface area contributed by atoms with Crippen molar-refractivity contribution in [2.75, 3.05) is 0 Å². The number of aromatic nitrogens is 2. The highest BCUT2D eigenvalue weighted by molar-refractivity contribution is 7.10. The summed E-state index contributed by atoms with van der Waals surface area (Å²) in [5.74, 6) is 1.74. The molecule has 1 atom stereocenters. The molecule has 0 aliphatic carbocycles. The van der Waals surface area contributed by atoms with Crippen LogP contribution in [-0.4, -0.2) is 10.2 Å². The van der Waals surface area contributed by atoms with E-state index in [9.17, 15) is 0 Å². The maximum absolute atomic E-state index is 5.68. The third-order valence-electron chi connectivity index (χ3n) is 3.54. The Kier molecular flexibility index (Phi) is 4.22. The van der Waals surface area contributed by atoms with Crippen molar-refractivity contribution in [3.8, 4) is 11.5 Å². The molecule has 0 aliphatic rings. The molecule has 0 radical (unpaired) electrons. The smallest absolute Gasteiger partial charge is 0.152 e. The lowest BCUT2D eigenvalue weighted by molar-refractivity contribution is 0.523. The minimum absolute atomic E-state index is 0.381. The molecule has 0 saturated carbocycles. The Labute approximate surface area is 128 Å². The molecular weight excluding hydrogens is 282 g/mol. The monoisotopic (exact) mass is 301 g/mol. The van der Waals surface area contributed by atoms with Gasteiger partial charge in [-0.3, -0.25) is 5.10 Å². The predicted molar refractivity (Wildman–Crippen MR) is 85.2 cm³/mol. The third-order valence-corrected chi connectivity index (χ3v) is 4.52. The molecule has 0 amide bonds. The molecule has 3 rings (SSSR count). The van der Waals surface area contributed by atoms with Crippen LogP contribution in [0.1, 0.15) is 35.6 Å². The summed E-state index contributed by atoms with van der Waals surface area (Å²) < 4.78 is 5.68. The van der Waals surface area contributed by atoms with Gasteiger partial charge in [-0.05, 0) is 36.9 Å². The van der Waals surface area contributed by atoms with E-state index in [-0.39, 0.29) is 0 Å². The first kappa shape index (κ1) is 14.1. The van der Waals surface area contributed by atoms with Crippen LogP contribution in [0.25, 0.3) is 11.5 Å². The first-order valence-corrected chi connectivity index (χ1v) is 8.01. The number of H-pyrrole nitrogens is 1. The first-order valence-electron chi connectivity index (χ1n) is 7.13. The number of aromatic amines is 1. The van der Waals surface area contributed by atoms with E-state index in [4.69, 9.17) is 4.42 Å². The largest absolute Gasteiger partial charge is 0.460 e. The summed E-state index contributed by atoms with van der Waals surface area (Å²) in [6.07, 6.45) is 2.93. The Morgan fingerprint density at radius 2 is 2.29 bits per heavy atom. The fourth-order valence-corrected chi connectivity index (χ4v) is 3.28. The van der Waals surface area contributed by atoms with E-state index in [2.05, 4.69) is 40.0 Å². The van der Waals surface area contributed by atoms with Crippen LogP contribution in [0.4, 0.5) is 0 Å². The highest BCUT2D eigenvalue weighted by atomic mass is 32.1. The van der Waals surface area contributed by atoms with Crippen LogP contribution in [0.3, 0.4) is 0 Å². The number of hydrogen-bond donors (Lipinski definition) is 2. The van der Waals surface area contributed by atoms with Crippen LogP contribution < -0.4 is 5.32 Å². The zero-order valence-electron chi connectivity index (χ0n) is 12.2. The van der Waals surface area contributed by atoms with Crippen molar-refractivity contribution in [3.05, 3.63) is 52.0 Å². The Hall–Kier alpha value is -1.85. The summed E-state index contributed by atoms with van der Waals surface area (Å²) in [5.41, 5.74) is 2.08. The minimum atomic E-state index is 0.381. The minimum Gasteiger partial charge on any atom is -0.460 e. The summed E-state index contributed by atoms with van der Waals surface area (Å²) >= 11 is 1.79. The molecule has 21 heavy (non-hydrogen) atoms. The zero-order valence-corrected chi connectivity index (χ0v) is 13.0. The molecule has 0 fully saturated rings. The van der Waals surface area contributed by atoms with Crippen LogP contribution in [0.5, 0.6) is 0 Å². The summed E-state index contributed by atoms with van der Waals surface area (Å²) in [4.78, 5) is 1.37. The number of nitrogens with one attached hydrogen (secondary N) is 2. The van der Waals surface area contributed by atoms with Gasteiger partial charge in [0.1, 0.15) is 11.5 Å². The molecule has 4 nitrogen and oxygen atoms in total. The number of furan rings is 1. The molecule has 5 heteroatoms.